The quantitative estimate of drug-likeness (QED) is 0.630. The van der Waals surface area contributed by atoms with Gasteiger partial charge in [0.15, 0.2) is 0 Å². The summed E-state index contributed by atoms with van der Waals surface area (Å²) in [4.78, 5) is 2.60. The fourth-order valence-electron chi connectivity index (χ4n) is 2.50. The monoisotopic (exact) mass is 168 g/mol. The second-order valence-corrected chi connectivity index (χ2v) is 4.51. The first kappa shape index (κ1) is 8.52. The maximum absolute atomic E-state index is 3.62. The fourth-order valence-corrected chi connectivity index (χ4v) is 2.50. The van der Waals surface area contributed by atoms with Crippen molar-refractivity contribution in [2.45, 2.75) is 38.8 Å². The number of nitrogens with zero attached hydrogens (tertiary/aromatic N) is 1. The molecule has 2 aliphatic heterocycles. The first-order chi connectivity index (χ1) is 5.77. The van der Waals surface area contributed by atoms with Gasteiger partial charge in [-0.25, -0.2) is 0 Å². The summed E-state index contributed by atoms with van der Waals surface area (Å²) in [7, 11) is 0. The molecule has 0 radical (unpaired) electrons. The van der Waals surface area contributed by atoms with Gasteiger partial charge in [0.05, 0.1) is 0 Å². The van der Waals surface area contributed by atoms with Gasteiger partial charge in [0.1, 0.15) is 0 Å². The lowest BCUT2D eigenvalue weighted by Gasteiger charge is -2.24. The van der Waals surface area contributed by atoms with Crippen molar-refractivity contribution in [3.8, 4) is 0 Å². The lowest BCUT2D eigenvalue weighted by molar-refractivity contribution is 0.263. The van der Waals surface area contributed by atoms with Crippen LogP contribution in [0.3, 0.4) is 0 Å². The van der Waals surface area contributed by atoms with E-state index < -0.39 is 0 Å². The van der Waals surface area contributed by atoms with E-state index in [0.29, 0.717) is 0 Å². The molecular formula is C10H20N2. The van der Waals surface area contributed by atoms with Gasteiger partial charge in [-0.2, -0.15) is 0 Å². The molecule has 0 aliphatic carbocycles. The highest BCUT2D eigenvalue weighted by Gasteiger charge is 2.34. The molecule has 2 atom stereocenters. The number of nitrogens with one attached hydrogen (secondary N) is 1. The van der Waals surface area contributed by atoms with Crippen LogP contribution < -0.4 is 5.32 Å². The Morgan fingerprint density at radius 2 is 2.17 bits per heavy atom. The van der Waals surface area contributed by atoms with Crippen LogP contribution in [0.4, 0.5) is 0 Å². The number of piperidine rings is 1. The van der Waals surface area contributed by atoms with E-state index in [1.165, 1.54) is 32.5 Å². The average Bonchev–Trinajstić information content (AvgIpc) is 2.46. The summed E-state index contributed by atoms with van der Waals surface area (Å²) in [6.45, 7) is 8.46. The van der Waals surface area contributed by atoms with Crippen LogP contribution in [0, 0.1) is 5.92 Å². The molecule has 1 N–H and O–H groups in total. The molecule has 0 spiro atoms. The van der Waals surface area contributed by atoms with Crippen molar-refractivity contribution in [2.75, 3.05) is 19.6 Å². The Morgan fingerprint density at radius 1 is 1.33 bits per heavy atom. The van der Waals surface area contributed by atoms with Crippen LogP contribution in [0.5, 0.6) is 0 Å². The van der Waals surface area contributed by atoms with Gasteiger partial charge in [-0.1, -0.05) is 0 Å². The molecule has 2 heteroatoms. The molecule has 0 aromatic carbocycles. The summed E-state index contributed by atoms with van der Waals surface area (Å²) in [6, 6.07) is 1.54. The van der Waals surface area contributed by atoms with Crippen LogP contribution in [0.25, 0.3) is 0 Å². The normalized spacial score (nSPS) is 37.2. The second-order valence-electron chi connectivity index (χ2n) is 4.51. The molecule has 2 saturated heterocycles. The summed E-state index contributed by atoms with van der Waals surface area (Å²) < 4.78 is 0. The molecule has 2 heterocycles. The highest BCUT2D eigenvalue weighted by Crippen LogP contribution is 2.25. The molecule has 2 nitrogen and oxygen atoms in total. The van der Waals surface area contributed by atoms with E-state index in [9.17, 15) is 0 Å². The minimum Gasteiger partial charge on any atom is -0.312 e. The molecule has 0 aromatic heterocycles. The Labute approximate surface area is 75.3 Å². The van der Waals surface area contributed by atoms with Crippen LogP contribution in [0.1, 0.15) is 26.7 Å². The van der Waals surface area contributed by atoms with Gasteiger partial charge in [-0.3, -0.25) is 4.90 Å². The Hall–Kier alpha value is -0.0800. The lowest BCUT2D eigenvalue weighted by Crippen LogP contribution is -2.41. The lowest BCUT2D eigenvalue weighted by atomic mass is 9.94. The van der Waals surface area contributed by atoms with E-state index in [-0.39, 0.29) is 0 Å². The largest absolute Gasteiger partial charge is 0.312 e. The van der Waals surface area contributed by atoms with E-state index in [1.54, 1.807) is 0 Å². The fraction of sp³-hybridized carbons (Fsp3) is 1.00. The van der Waals surface area contributed by atoms with Crippen molar-refractivity contribution in [3.63, 3.8) is 0 Å². The third-order valence-electron chi connectivity index (χ3n) is 3.36. The summed E-state index contributed by atoms with van der Waals surface area (Å²) >= 11 is 0. The summed E-state index contributed by atoms with van der Waals surface area (Å²) in [6.07, 6.45) is 2.83. The Morgan fingerprint density at radius 3 is 2.83 bits per heavy atom. The van der Waals surface area contributed by atoms with Gasteiger partial charge in [-0.15, -0.1) is 0 Å². The summed E-state index contributed by atoms with van der Waals surface area (Å²) in [5.41, 5.74) is 0. The van der Waals surface area contributed by atoms with E-state index in [0.717, 1.165) is 18.0 Å². The van der Waals surface area contributed by atoms with Crippen LogP contribution in [0.15, 0.2) is 0 Å². The summed E-state index contributed by atoms with van der Waals surface area (Å²) in [5.74, 6) is 0.946. The molecule has 0 aromatic rings. The number of likely N-dealkylation sites (tertiary alicyclic amines) is 1. The van der Waals surface area contributed by atoms with Crippen LogP contribution in [-0.4, -0.2) is 36.6 Å². The highest BCUT2D eigenvalue weighted by molar-refractivity contribution is 4.92. The molecule has 0 saturated carbocycles. The minimum absolute atomic E-state index is 0.734. The third kappa shape index (κ3) is 1.50. The van der Waals surface area contributed by atoms with E-state index in [2.05, 4.69) is 24.1 Å². The molecule has 12 heavy (non-hydrogen) atoms. The van der Waals surface area contributed by atoms with Crippen LogP contribution >= 0.6 is 0 Å². The number of hydrogen-bond donors (Lipinski definition) is 1. The first-order valence-electron chi connectivity index (χ1n) is 5.25. The second kappa shape index (κ2) is 3.35. The minimum atomic E-state index is 0.734. The van der Waals surface area contributed by atoms with Gasteiger partial charge in [0, 0.05) is 25.2 Å². The van der Waals surface area contributed by atoms with E-state index in [1.807, 2.05) is 0 Å². The zero-order valence-corrected chi connectivity index (χ0v) is 8.21. The van der Waals surface area contributed by atoms with Crippen LogP contribution in [0.2, 0.25) is 0 Å². The predicted molar refractivity (Wildman–Crippen MR) is 51.2 cm³/mol. The zero-order chi connectivity index (χ0) is 8.55. The summed E-state index contributed by atoms with van der Waals surface area (Å²) in [5, 5.41) is 3.62. The molecule has 2 rings (SSSR count). The number of fused-ring (bicyclic) bond motifs is 1. The first-order valence-corrected chi connectivity index (χ1v) is 5.25. The smallest absolute Gasteiger partial charge is 0.0235 e. The molecule has 0 unspecified atom stereocenters. The Balaban J connectivity index is 1.94. The van der Waals surface area contributed by atoms with Gasteiger partial charge in [0.25, 0.3) is 0 Å². The maximum Gasteiger partial charge on any atom is 0.0235 e. The van der Waals surface area contributed by atoms with Crippen molar-refractivity contribution in [1.82, 2.24) is 10.2 Å². The highest BCUT2D eigenvalue weighted by atomic mass is 15.2. The van der Waals surface area contributed by atoms with Gasteiger partial charge in [0.2, 0.25) is 0 Å². The van der Waals surface area contributed by atoms with Crippen molar-refractivity contribution < 1.29 is 0 Å². The molecular weight excluding hydrogens is 148 g/mol. The van der Waals surface area contributed by atoms with Gasteiger partial charge >= 0.3 is 0 Å². The van der Waals surface area contributed by atoms with E-state index >= 15 is 0 Å². The van der Waals surface area contributed by atoms with Gasteiger partial charge < -0.3 is 5.32 Å². The topological polar surface area (TPSA) is 15.3 Å². The van der Waals surface area contributed by atoms with Gasteiger partial charge in [-0.05, 0) is 39.2 Å². The van der Waals surface area contributed by atoms with Crippen molar-refractivity contribution in [1.29, 1.82) is 0 Å². The Bertz CT molecular complexity index is 142. The van der Waals surface area contributed by atoms with Crippen LogP contribution in [-0.2, 0) is 0 Å². The van der Waals surface area contributed by atoms with Crippen molar-refractivity contribution >= 4 is 0 Å². The standard InChI is InChI=1S/C10H20N2/c1-8(2)12-6-9-4-3-5-11-10(9)7-12/h8-11H,3-7H2,1-2H3/t9-,10+/m1/s1. The third-order valence-corrected chi connectivity index (χ3v) is 3.36. The molecule has 0 bridgehead atoms. The Kier molecular flexibility index (Phi) is 2.37. The average molecular weight is 168 g/mol. The zero-order valence-electron chi connectivity index (χ0n) is 8.21. The molecule has 0 amide bonds. The molecule has 2 fully saturated rings. The van der Waals surface area contributed by atoms with E-state index in [4.69, 9.17) is 0 Å². The number of rotatable bonds is 1. The number of hydrogen-bond acceptors (Lipinski definition) is 2. The maximum atomic E-state index is 3.62. The predicted octanol–water partition coefficient (Wildman–Crippen LogP) is 1.08. The molecule has 70 valence electrons. The van der Waals surface area contributed by atoms with Crippen molar-refractivity contribution in [2.24, 2.45) is 5.92 Å². The molecule has 2 aliphatic rings. The van der Waals surface area contributed by atoms with Crippen molar-refractivity contribution in [3.05, 3.63) is 0 Å². The SMILES string of the molecule is CC(C)N1C[C@H]2CCCN[C@H]2C1.